The summed E-state index contributed by atoms with van der Waals surface area (Å²) < 4.78 is 32.2. The van der Waals surface area contributed by atoms with Crippen molar-refractivity contribution in [3.05, 3.63) is 68.8 Å². The molecule has 1 aromatic heterocycles. The maximum absolute atomic E-state index is 14.2. The van der Waals surface area contributed by atoms with Crippen molar-refractivity contribution in [3.8, 4) is 0 Å². The number of halogens is 2. The van der Waals surface area contributed by atoms with Crippen LogP contribution in [0.25, 0.3) is 0 Å². The molecule has 1 aromatic carbocycles. The lowest BCUT2D eigenvalue weighted by molar-refractivity contribution is 0.0231. The molecule has 234 valence electrons. The van der Waals surface area contributed by atoms with E-state index < -0.39 is 35.2 Å². The lowest BCUT2D eigenvalue weighted by Gasteiger charge is -2.30. The Hall–Kier alpha value is -1.57. The van der Waals surface area contributed by atoms with Crippen LogP contribution in [0.1, 0.15) is 51.8 Å². The van der Waals surface area contributed by atoms with Gasteiger partial charge in [0, 0.05) is 31.7 Å². The SMILES string of the molecule is CC(C)(C)OC(=O)N1CCO[C@@H](c2ccc(Cl)c(F)c2)[C@H](Cn2cccc(C(N)=S)c2=O)C1.CCOP(O)(=S)SCC. The van der Waals surface area contributed by atoms with E-state index in [0.29, 0.717) is 18.7 Å². The summed E-state index contributed by atoms with van der Waals surface area (Å²) in [5.41, 5.74) is 3.01. The molecule has 1 amide bonds. The van der Waals surface area contributed by atoms with Crippen molar-refractivity contribution >= 4 is 63.8 Å². The van der Waals surface area contributed by atoms with Gasteiger partial charge in [-0.3, -0.25) is 4.79 Å². The summed E-state index contributed by atoms with van der Waals surface area (Å²) in [7, 11) is 0. The average molecular weight is 682 g/mol. The zero-order valence-electron chi connectivity index (χ0n) is 24.2. The molecule has 9 nitrogen and oxygen atoms in total. The Morgan fingerprint density at radius 1 is 1.33 bits per heavy atom. The standard InChI is InChI=1S/C23H27ClFN3O4S.C4H11O2PS2/c1-23(2,3)32-22(30)28-9-10-31-19(14-6-7-17(24)18(25)11-14)15(13-28)12-27-8-4-5-16(20(26)33)21(27)29;1-3-6-7(5,8)9-4-2/h4-8,11,15,19H,9-10,12-13H2,1-3H3,(H2,26,33);3-4H2,1-2H3,(H,5,8)/t15-,19+;/m1./s1. The first-order chi connectivity index (χ1) is 19.6. The number of hydrogen-bond donors (Lipinski definition) is 2. The summed E-state index contributed by atoms with van der Waals surface area (Å²) in [5.74, 6) is -0.161. The van der Waals surface area contributed by atoms with Crippen LogP contribution in [0.3, 0.4) is 0 Å². The maximum Gasteiger partial charge on any atom is 0.410 e. The summed E-state index contributed by atoms with van der Waals surface area (Å²) in [6.45, 7) is 10.6. The third-order valence-corrected chi connectivity index (χ3v) is 10.8. The number of rotatable bonds is 8. The summed E-state index contributed by atoms with van der Waals surface area (Å²) in [6, 6.07) is 7.69. The number of nitrogens with zero attached hydrogens (tertiary/aromatic N) is 2. The van der Waals surface area contributed by atoms with E-state index in [4.69, 9.17) is 55.4 Å². The van der Waals surface area contributed by atoms with E-state index in [9.17, 15) is 18.9 Å². The first-order valence-corrected chi connectivity index (χ1v) is 18.3. The molecule has 3 rings (SSSR count). The van der Waals surface area contributed by atoms with Gasteiger partial charge < -0.3 is 34.1 Å². The number of carbonyl (C=O) groups is 1. The van der Waals surface area contributed by atoms with E-state index in [0.717, 1.165) is 5.75 Å². The van der Waals surface area contributed by atoms with E-state index in [1.807, 2.05) is 13.8 Å². The molecule has 1 aliphatic rings. The highest BCUT2D eigenvalue weighted by Crippen LogP contribution is 2.55. The lowest BCUT2D eigenvalue weighted by atomic mass is 9.94. The minimum absolute atomic E-state index is 0.000294. The van der Waals surface area contributed by atoms with Crippen molar-refractivity contribution in [2.75, 3.05) is 32.1 Å². The van der Waals surface area contributed by atoms with Gasteiger partial charge in [0.05, 0.1) is 29.9 Å². The Morgan fingerprint density at radius 3 is 2.60 bits per heavy atom. The van der Waals surface area contributed by atoms with Crippen LogP contribution in [0.15, 0.2) is 41.3 Å². The molecule has 15 heteroatoms. The number of ether oxygens (including phenoxy) is 2. The molecular formula is C27H38ClFN3O6PS3. The Bertz CT molecular complexity index is 1330. The number of aromatic nitrogens is 1. The first kappa shape index (κ1) is 36.6. The molecule has 0 radical (unpaired) electrons. The van der Waals surface area contributed by atoms with Crippen molar-refractivity contribution in [2.24, 2.45) is 11.7 Å². The Balaban J connectivity index is 0.000000592. The molecule has 1 fully saturated rings. The first-order valence-electron chi connectivity index (χ1n) is 13.2. The van der Waals surface area contributed by atoms with Crippen molar-refractivity contribution < 1.29 is 28.1 Å². The number of carbonyl (C=O) groups excluding carboxylic acids is 1. The van der Waals surface area contributed by atoms with Crippen molar-refractivity contribution in [2.45, 2.75) is 52.9 Å². The van der Waals surface area contributed by atoms with E-state index in [-0.39, 0.29) is 40.8 Å². The number of amides is 1. The quantitative estimate of drug-likeness (QED) is 0.258. The second kappa shape index (κ2) is 16.5. The monoisotopic (exact) mass is 681 g/mol. The molecule has 1 aliphatic heterocycles. The van der Waals surface area contributed by atoms with Crippen LogP contribution in [-0.4, -0.2) is 63.1 Å². The molecule has 2 aromatic rings. The largest absolute Gasteiger partial charge is 0.444 e. The molecule has 42 heavy (non-hydrogen) atoms. The minimum atomic E-state index is -2.44. The van der Waals surface area contributed by atoms with E-state index in [2.05, 4.69) is 0 Å². The third-order valence-electron chi connectivity index (χ3n) is 5.77. The topological polar surface area (TPSA) is 116 Å². The van der Waals surface area contributed by atoms with Crippen LogP contribution < -0.4 is 11.3 Å². The Morgan fingerprint density at radius 2 is 2.02 bits per heavy atom. The van der Waals surface area contributed by atoms with Gasteiger partial charge in [0.1, 0.15) is 16.4 Å². The summed E-state index contributed by atoms with van der Waals surface area (Å²) in [5, 5.41) is -0.000294. The molecule has 1 unspecified atom stereocenters. The molecule has 3 N–H and O–H groups in total. The zero-order valence-corrected chi connectivity index (χ0v) is 28.3. The molecule has 0 aliphatic carbocycles. The summed E-state index contributed by atoms with van der Waals surface area (Å²) >= 11 is 16.9. The van der Waals surface area contributed by atoms with Gasteiger partial charge in [-0.15, -0.1) is 0 Å². The second-order valence-corrected chi connectivity index (χ2v) is 17.5. The number of benzene rings is 1. The van der Waals surface area contributed by atoms with Crippen LogP contribution in [0, 0.1) is 11.7 Å². The predicted molar refractivity (Wildman–Crippen MR) is 174 cm³/mol. The highest BCUT2D eigenvalue weighted by molar-refractivity contribution is 8.67. The maximum atomic E-state index is 14.2. The fraction of sp³-hybridized carbons (Fsp3) is 0.519. The van der Waals surface area contributed by atoms with E-state index in [1.165, 1.54) is 28.1 Å². The van der Waals surface area contributed by atoms with Gasteiger partial charge in [-0.2, -0.15) is 0 Å². The fourth-order valence-corrected chi connectivity index (χ4v) is 7.87. The molecule has 1 saturated heterocycles. The van der Waals surface area contributed by atoms with Gasteiger partial charge in [0.25, 0.3) is 5.56 Å². The van der Waals surface area contributed by atoms with Crippen LogP contribution in [0.5, 0.6) is 0 Å². The van der Waals surface area contributed by atoms with Gasteiger partial charge in [-0.1, -0.05) is 48.2 Å². The molecule has 0 bridgehead atoms. The van der Waals surface area contributed by atoms with Gasteiger partial charge >= 0.3 is 6.09 Å². The normalized spacial score (nSPS) is 18.7. The van der Waals surface area contributed by atoms with Crippen LogP contribution >= 0.6 is 40.9 Å². The number of nitrogens with two attached hydrogens (primary N) is 1. The van der Waals surface area contributed by atoms with Crippen LogP contribution in [-0.2, 0) is 32.3 Å². The van der Waals surface area contributed by atoms with Gasteiger partial charge in [0.15, 0.2) is 0 Å². The summed E-state index contributed by atoms with van der Waals surface area (Å²) in [6.07, 6.45) is 0.541. The molecule has 0 spiro atoms. The van der Waals surface area contributed by atoms with Crippen LogP contribution in [0.4, 0.5) is 9.18 Å². The van der Waals surface area contributed by atoms with Gasteiger partial charge in [-0.05, 0) is 75.1 Å². The smallest absolute Gasteiger partial charge is 0.410 e. The van der Waals surface area contributed by atoms with Gasteiger partial charge in [0.2, 0.25) is 5.69 Å². The molecular weight excluding hydrogens is 644 g/mol. The summed E-state index contributed by atoms with van der Waals surface area (Å²) in [4.78, 5) is 36.4. The Labute approximate surface area is 265 Å². The van der Waals surface area contributed by atoms with Crippen molar-refractivity contribution in [1.29, 1.82) is 0 Å². The molecule has 2 heterocycles. The number of pyridine rings is 1. The fourth-order valence-electron chi connectivity index (χ4n) is 4.08. The minimum Gasteiger partial charge on any atom is -0.444 e. The van der Waals surface area contributed by atoms with Gasteiger partial charge in [-0.25, -0.2) is 9.18 Å². The number of thiocarbonyl (C=S) groups is 1. The van der Waals surface area contributed by atoms with Crippen molar-refractivity contribution in [3.63, 3.8) is 0 Å². The zero-order chi connectivity index (χ0) is 31.7. The van der Waals surface area contributed by atoms with E-state index in [1.54, 1.807) is 50.1 Å². The van der Waals surface area contributed by atoms with E-state index >= 15 is 0 Å². The highest BCUT2D eigenvalue weighted by atomic mass is 35.5. The third kappa shape index (κ3) is 11.5. The molecule has 3 atom stereocenters. The second-order valence-electron chi connectivity index (χ2n) is 10.2. The molecule has 0 saturated carbocycles. The average Bonchev–Trinajstić information content (AvgIpc) is 3.09. The van der Waals surface area contributed by atoms with Crippen molar-refractivity contribution in [1.82, 2.24) is 9.47 Å². The number of hydrogen-bond acceptors (Lipinski definition) is 8. The predicted octanol–water partition coefficient (Wildman–Crippen LogP) is 5.89. The lowest BCUT2D eigenvalue weighted by Crippen LogP contribution is -2.41. The van der Waals surface area contributed by atoms with Crippen LogP contribution in [0.2, 0.25) is 5.02 Å². The highest BCUT2D eigenvalue weighted by Gasteiger charge is 2.34. The Kier molecular flexibility index (Phi) is 14.4.